The molecule has 48 heavy (non-hydrogen) atoms. The van der Waals surface area contributed by atoms with E-state index in [2.05, 4.69) is 120 Å². The third kappa shape index (κ3) is 4.06. The molecule has 2 aliphatic rings. The Hall–Kier alpha value is -6.38. The summed E-state index contributed by atoms with van der Waals surface area (Å²) in [7, 11) is 2.05. The van der Waals surface area contributed by atoms with Crippen molar-refractivity contribution in [3.05, 3.63) is 151 Å². The standard InChI is InChI=1S/C43H27N4O/c1-47-42(26-11-3-2-4-12-26)45-41(36-23-30-25-44-37-17-9-7-16-34(37)40(30)33-15-6-5-13-31(33)36)46-43(47)28-20-19-27-24-39-35(22-29(27)21-28)32-14-8-10-18-38(32)48-39/h2-8,10-16,18-25,32,38H,1H3/q+1. The topological polar surface area (TPSA) is 51.8 Å². The largest absolute Gasteiger partial charge is 0.485 e. The van der Waals surface area contributed by atoms with Gasteiger partial charge in [-0.25, -0.2) is 9.55 Å². The van der Waals surface area contributed by atoms with Gasteiger partial charge in [-0.05, 0) is 88.3 Å². The van der Waals surface area contributed by atoms with Crippen LogP contribution in [0.15, 0.2) is 134 Å². The summed E-state index contributed by atoms with van der Waals surface area (Å²) in [6.45, 7) is 0. The highest BCUT2D eigenvalue weighted by atomic mass is 16.5. The van der Waals surface area contributed by atoms with Crippen molar-refractivity contribution >= 4 is 43.2 Å². The van der Waals surface area contributed by atoms with Crippen LogP contribution >= 0.6 is 0 Å². The first-order chi connectivity index (χ1) is 23.7. The molecule has 0 saturated carbocycles. The van der Waals surface area contributed by atoms with Crippen LogP contribution in [0.3, 0.4) is 0 Å². The van der Waals surface area contributed by atoms with E-state index < -0.39 is 0 Å². The van der Waals surface area contributed by atoms with Gasteiger partial charge >= 0.3 is 5.82 Å². The zero-order valence-corrected chi connectivity index (χ0v) is 26.1. The van der Waals surface area contributed by atoms with Crippen molar-refractivity contribution < 1.29 is 9.30 Å². The van der Waals surface area contributed by atoms with Gasteiger partial charge < -0.3 is 4.74 Å². The van der Waals surface area contributed by atoms with Crippen LogP contribution in [-0.2, 0) is 7.05 Å². The highest BCUT2D eigenvalue weighted by Crippen LogP contribution is 2.44. The van der Waals surface area contributed by atoms with Crippen LogP contribution in [0.25, 0.3) is 77.4 Å². The minimum Gasteiger partial charge on any atom is -0.485 e. The average Bonchev–Trinajstić information content (AvgIpc) is 3.51. The van der Waals surface area contributed by atoms with E-state index in [1.807, 2.05) is 37.5 Å². The summed E-state index contributed by atoms with van der Waals surface area (Å²) in [5.41, 5.74) is 5.03. The second-order valence-electron chi connectivity index (χ2n) is 12.5. The van der Waals surface area contributed by atoms with Crippen molar-refractivity contribution in [2.75, 3.05) is 0 Å². The Morgan fingerprint density at radius 2 is 1.52 bits per heavy atom. The first kappa shape index (κ1) is 26.8. The molecule has 6 aromatic carbocycles. The molecule has 5 nitrogen and oxygen atoms in total. The second kappa shape index (κ2) is 10.3. The number of ether oxygens (including phenoxy) is 1. The lowest BCUT2D eigenvalue weighted by atomic mass is 9.90. The lowest BCUT2D eigenvalue weighted by Crippen LogP contribution is -2.36. The third-order valence-corrected chi connectivity index (χ3v) is 9.72. The Morgan fingerprint density at radius 1 is 0.708 bits per heavy atom. The van der Waals surface area contributed by atoms with E-state index in [-0.39, 0.29) is 12.0 Å². The molecule has 5 heteroatoms. The van der Waals surface area contributed by atoms with Gasteiger partial charge in [0.1, 0.15) is 17.4 Å². The van der Waals surface area contributed by atoms with Gasteiger partial charge in [-0.3, -0.25) is 0 Å². The molecule has 0 amide bonds. The molecule has 0 saturated heterocycles. The fourth-order valence-corrected chi connectivity index (χ4v) is 7.43. The zero-order valence-electron chi connectivity index (χ0n) is 26.1. The molecule has 10 rings (SSSR count). The Balaban J connectivity index is 1.21. The highest BCUT2D eigenvalue weighted by Gasteiger charge is 2.32. The van der Waals surface area contributed by atoms with Crippen LogP contribution in [0, 0.1) is 12.1 Å². The molecule has 8 aromatic rings. The van der Waals surface area contributed by atoms with Gasteiger partial charge in [-0.1, -0.05) is 82.8 Å². The first-order valence-corrected chi connectivity index (χ1v) is 16.2. The molecule has 0 fully saturated rings. The maximum absolute atomic E-state index is 6.30. The van der Waals surface area contributed by atoms with E-state index >= 15 is 0 Å². The van der Waals surface area contributed by atoms with Gasteiger partial charge in [-0.2, -0.15) is 0 Å². The number of hydrogen-bond acceptors (Lipinski definition) is 4. The number of hydrogen-bond donors (Lipinski definition) is 0. The maximum Gasteiger partial charge on any atom is 0.309 e. The van der Waals surface area contributed by atoms with Gasteiger partial charge in [0.05, 0.1) is 23.7 Å². The Morgan fingerprint density at radius 3 is 2.42 bits per heavy atom. The summed E-state index contributed by atoms with van der Waals surface area (Å²) in [4.78, 5) is 15.3. The number of aromatic nitrogens is 4. The summed E-state index contributed by atoms with van der Waals surface area (Å²) in [5, 5.41) is 7.74. The molecule has 2 aromatic heterocycles. The van der Waals surface area contributed by atoms with E-state index in [1.54, 1.807) is 0 Å². The average molecular weight is 616 g/mol. The minimum atomic E-state index is 0.0540. The molecule has 0 spiro atoms. The van der Waals surface area contributed by atoms with Crippen LogP contribution in [0.1, 0.15) is 11.5 Å². The molecule has 3 heterocycles. The molecule has 2 atom stereocenters. The summed E-state index contributed by atoms with van der Waals surface area (Å²) >= 11 is 0. The van der Waals surface area contributed by atoms with Crippen LogP contribution in [0.2, 0.25) is 0 Å². The SMILES string of the molecule is C[n+]1c(-c2ccccc2)nc(-c2cc3cnc4c#cccc4c3c3ccccc23)nc1-c1ccc2cc3c(cc2c1)C1C=CC=CC1O3. The second-order valence-corrected chi connectivity index (χ2v) is 12.5. The van der Waals surface area contributed by atoms with Crippen molar-refractivity contribution in [3.8, 4) is 39.9 Å². The Bertz CT molecular complexity index is 2680. The molecular weight excluding hydrogens is 589 g/mol. The van der Waals surface area contributed by atoms with E-state index in [0.29, 0.717) is 5.82 Å². The fourth-order valence-electron chi connectivity index (χ4n) is 7.43. The molecular formula is C43H27N4O+. The van der Waals surface area contributed by atoms with E-state index in [1.165, 1.54) is 5.56 Å². The number of pyridine rings is 1. The van der Waals surface area contributed by atoms with Crippen molar-refractivity contribution in [3.63, 3.8) is 0 Å². The summed E-state index contributed by atoms with van der Waals surface area (Å²) in [5.74, 6) is 3.53. The number of benzene rings is 5. The summed E-state index contributed by atoms with van der Waals surface area (Å²) in [6.07, 6.45) is 10.5. The molecule has 0 bridgehead atoms. The van der Waals surface area contributed by atoms with E-state index in [0.717, 1.165) is 77.3 Å². The molecule has 2 unspecified atom stereocenters. The Labute approximate surface area is 277 Å². The monoisotopic (exact) mass is 615 g/mol. The predicted octanol–water partition coefficient (Wildman–Crippen LogP) is 8.88. The van der Waals surface area contributed by atoms with Crippen molar-refractivity contribution in [2.24, 2.45) is 7.05 Å². The Kier molecular flexibility index (Phi) is 5.76. The molecule has 0 radical (unpaired) electrons. The zero-order chi connectivity index (χ0) is 31.8. The number of allylic oxidation sites excluding steroid dienone is 2. The number of rotatable bonds is 3. The van der Waals surface area contributed by atoms with Crippen molar-refractivity contribution in [2.45, 2.75) is 12.0 Å². The van der Waals surface area contributed by atoms with Gasteiger partial charge in [-0.15, -0.1) is 0 Å². The molecule has 224 valence electrons. The number of fused-ring (bicyclic) bond motifs is 9. The van der Waals surface area contributed by atoms with Crippen molar-refractivity contribution in [1.82, 2.24) is 15.0 Å². The van der Waals surface area contributed by atoms with Gasteiger partial charge in [0.2, 0.25) is 0 Å². The molecule has 1 aliphatic carbocycles. The highest BCUT2D eigenvalue weighted by molar-refractivity contribution is 6.22. The van der Waals surface area contributed by atoms with E-state index in [9.17, 15) is 0 Å². The predicted molar refractivity (Wildman–Crippen MR) is 190 cm³/mol. The smallest absolute Gasteiger partial charge is 0.309 e. The van der Waals surface area contributed by atoms with Gasteiger partial charge in [0.15, 0.2) is 0 Å². The van der Waals surface area contributed by atoms with Crippen LogP contribution < -0.4 is 9.30 Å². The van der Waals surface area contributed by atoms with E-state index in [4.69, 9.17) is 19.7 Å². The maximum atomic E-state index is 6.30. The lowest BCUT2D eigenvalue weighted by molar-refractivity contribution is -0.654. The normalized spacial score (nSPS) is 16.3. The van der Waals surface area contributed by atoms with Crippen molar-refractivity contribution in [1.29, 1.82) is 0 Å². The lowest BCUT2D eigenvalue weighted by Gasteiger charge is -2.14. The number of nitrogens with zero attached hydrogens (tertiary/aromatic N) is 4. The van der Waals surface area contributed by atoms with Crippen LogP contribution in [0.4, 0.5) is 0 Å². The van der Waals surface area contributed by atoms with Crippen LogP contribution in [0.5, 0.6) is 5.75 Å². The van der Waals surface area contributed by atoms with Gasteiger partial charge in [0, 0.05) is 33.8 Å². The molecule has 0 N–H and O–H groups in total. The quantitative estimate of drug-likeness (QED) is 0.147. The van der Waals surface area contributed by atoms with Crippen LogP contribution in [-0.4, -0.2) is 21.1 Å². The fraction of sp³-hybridized carbons (Fsp3) is 0.0698. The minimum absolute atomic E-state index is 0.0540. The first-order valence-electron chi connectivity index (χ1n) is 16.2. The third-order valence-electron chi connectivity index (χ3n) is 9.72. The summed E-state index contributed by atoms with van der Waals surface area (Å²) < 4.78 is 8.40. The molecule has 1 aliphatic heterocycles. The summed E-state index contributed by atoms with van der Waals surface area (Å²) in [6, 6.07) is 42.2. The van der Waals surface area contributed by atoms with Gasteiger partial charge in [0.25, 0.3) is 11.6 Å².